The molecule has 0 atom stereocenters. The highest BCUT2D eigenvalue weighted by atomic mass is 16.5. The maximum absolute atomic E-state index is 12.7. The highest BCUT2D eigenvalue weighted by Gasteiger charge is 2.20. The third-order valence-corrected chi connectivity index (χ3v) is 4.95. The second-order valence-electron chi connectivity index (χ2n) is 7.84. The van der Waals surface area contributed by atoms with E-state index < -0.39 is 5.97 Å². The number of hydrogen-bond donors (Lipinski definition) is 1. The van der Waals surface area contributed by atoms with Crippen molar-refractivity contribution < 1.29 is 14.6 Å². The second-order valence-corrected chi connectivity index (χ2v) is 7.84. The Hall–Kier alpha value is -3.15. The lowest BCUT2D eigenvalue weighted by atomic mass is 9.92. The summed E-state index contributed by atoms with van der Waals surface area (Å²) in [7, 11) is 0. The molecule has 3 aromatic rings. The summed E-state index contributed by atoms with van der Waals surface area (Å²) in [5.41, 5.74) is 3.20. The van der Waals surface area contributed by atoms with Crippen LogP contribution < -0.4 is 5.56 Å². The van der Waals surface area contributed by atoms with Crippen molar-refractivity contribution in [3.05, 3.63) is 74.8 Å². The van der Waals surface area contributed by atoms with Gasteiger partial charge in [0.15, 0.2) is 0 Å². The summed E-state index contributed by atoms with van der Waals surface area (Å²) in [5.74, 6) is -0.439. The molecule has 0 bridgehead atoms. The van der Waals surface area contributed by atoms with Crippen LogP contribution in [0.5, 0.6) is 5.75 Å². The number of aryl methyl sites for hydroxylation is 1. The molecule has 0 spiro atoms. The number of carbonyl (C=O) groups is 1. The molecule has 0 radical (unpaired) electrons. The number of phenolic OH excluding ortho intramolecular Hbond substituents is 1. The van der Waals surface area contributed by atoms with Gasteiger partial charge in [-0.2, -0.15) is 0 Å². The van der Waals surface area contributed by atoms with Gasteiger partial charge < -0.3 is 9.84 Å². The van der Waals surface area contributed by atoms with E-state index in [2.05, 4.69) is 4.98 Å². The van der Waals surface area contributed by atoms with Gasteiger partial charge in [0.25, 0.3) is 5.56 Å². The molecule has 0 aliphatic carbocycles. The molecule has 0 unspecified atom stereocenters. The Labute approximate surface area is 169 Å². The molecule has 152 valence electrons. The van der Waals surface area contributed by atoms with Gasteiger partial charge in [-0.15, -0.1) is 0 Å². The summed E-state index contributed by atoms with van der Waals surface area (Å²) in [6, 6.07) is 10.3. The van der Waals surface area contributed by atoms with E-state index >= 15 is 0 Å². The summed E-state index contributed by atoms with van der Waals surface area (Å²) in [6.07, 6.45) is 0. The SMILES string of the molecule is Cc1cccc2nc(COC(=O)c3cc(C(C)C)cc(C(C)C)c3O)cc(=O)n12. The fourth-order valence-corrected chi connectivity index (χ4v) is 3.26. The van der Waals surface area contributed by atoms with Crippen LogP contribution in [0, 0.1) is 6.92 Å². The van der Waals surface area contributed by atoms with Gasteiger partial charge in [-0.1, -0.05) is 39.8 Å². The van der Waals surface area contributed by atoms with Crippen LogP contribution in [-0.4, -0.2) is 20.5 Å². The minimum atomic E-state index is -0.641. The Morgan fingerprint density at radius 3 is 2.52 bits per heavy atom. The van der Waals surface area contributed by atoms with E-state index in [9.17, 15) is 14.7 Å². The van der Waals surface area contributed by atoms with Gasteiger partial charge in [0.2, 0.25) is 0 Å². The first kappa shape index (κ1) is 20.6. The van der Waals surface area contributed by atoms with Crippen molar-refractivity contribution in [1.82, 2.24) is 9.38 Å². The Morgan fingerprint density at radius 2 is 1.86 bits per heavy atom. The smallest absolute Gasteiger partial charge is 0.342 e. The van der Waals surface area contributed by atoms with Crippen molar-refractivity contribution in [2.45, 2.75) is 53.1 Å². The highest BCUT2D eigenvalue weighted by molar-refractivity contribution is 5.93. The first-order valence-electron chi connectivity index (χ1n) is 9.71. The van der Waals surface area contributed by atoms with Gasteiger partial charge in [0.1, 0.15) is 23.6 Å². The molecular weight excluding hydrogens is 368 g/mol. The van der Waals surface area contributed by atoms with Crippen LogP contribution in [0.1, 0.15) is 72.4 Å². The maximum Gasteiger partial charge on any atom is 0.342 e. The van der Waals surface area contributed by atoms with Gasteiger partial charge in [-0.3, -0.25) is 9.20 Å². The largest absolute Gasteiger partial charge is 0.507 e. The number of aromatic hydroxyl groups is 1. The number of aromatic nitrogens is 2. The first-order valence-corrected chi connectivity index (χ1v) is 9.71. The molecule has 1 N–H and O–H groups in total. The van der Waals surface area contributed by atoms with Crippen molar-refractivity contribution in [2.75, 3.05) is 0 Å². The van der Waals surface area contributed by atoms with E-state index in [-0.39, 0.29) is 35.3 Å². The molecule has 0 saturated heterocycles. The average molecular weight is 394 g/mol. The Bertz CT molecular complexity index is 1130. The lowest BCUT2D eigenvalue weighted by Gasteiger charge is -2.16. The molecule has 2 heterocycles. The second kappa shape index (κ2) is 8.07. The van der Waals surface area contributed by atoms with E-state index in [1.54, 1.807) is 12.1 Å². The Balaban J connectivity index is 1.90. The van der Waals surface area contributed by atoms with Crippen molar-refractivity contribution >= 4 is 11.6 Å². The van der Waals surface area contributed by atoms with E-state index in [0.29, 0.717) is 16.9 Å². The third kappa shape index (κ3) is 4.16. The quantitative estimate of drug-likeness (QED) is 0.652. The van der Waals surface area contributed by atoms with E-state index in [1.807, 2.05) is 52.8 Å². The fourth-order valence-electron chi connectivity index (χ4n) is 3.26. The van der Waals surface area contributed by atoms with Crippen LogP contribution in [0.2, 0.25) is 0 Å². The monoisotopic (exact) mass is 394 g/mol. The maximum atomic E-state index is 12.7. The lowest BCUT2D eigenvalue weighted by molar-refractivity contribution is 0.0464. The van der Waals surface area contributed by atoms with Crippen molar-refractivity contribution in [3.63, 3.8) is 0 Å². The van der Waals surface area contributed by atoms with Gasteiger partial charge in [-0.05, 0) is 48.1 Å². The number of esters is 1. The lowest BCUT2D eigenvalue weighted by Crippen LogP contribution is -2.18. The summed E-state index contributed by atoms with van der Waals surface area (Å²) >= 11 is 0. The molecule has 1 aromatic carbocycles. The Morgan fingerprint density at radius 1 is 1.14 bits per heavy atom. The molecule has 0 aliphatic rings. The molecule has 2 aromatic heterocycles. The molecule has 3 rings (SSSR count). The summed E-state index contributed by atoms with van der Waals surface area (Å²) in [4.78, 5) is 29.5. The summed E-state index contributed by atoms with van der Waals surface area (Å²) < 4.78 is 6.89. The van der Waals surface area contributed by atoms with Crippen LogP contribution in [0.3, 0.4) is 0 Å². The minimum absolute atomic E-state index is 0.0587. The van der Waals surface area contributed by atoms with Gasteiger partial charge in [0.05, 0.1) is 5.69 Å². The summed E-state index contributed by atoms with van der Waals surface area (Å²) in [6.45, 7) is 9.65. The molecule has 0 aliphatic heterocycles. The third-order valence-electron chi connectivity index (χ3n) is 4.95. The molecule has 0 fully saturated rings. The number of carbonyl (C=O) groups excluding carboxylic acids is 1. The standard InChI is InChI=1S/C23H26N2O4/c1-13(2)16-9-18(14(3)4)22(27)19(10-16)23(28)29-12-17-11-21(26)25-15(5)7-6-8-20(25)24-17/h6-11,13-14,27H,12H2,1-5H3. The van der Waals surface area contributed by atoms with Crippen LogP contribution in [0.4, 0.5) is 0 Å². The van der Waals surface area contributed by atoms with Crippen LogP contribution in [0.15, 0.2) is 41.2 Å². The number of pyridine rings is 1. The van der Waals surface area contributed by atoms with E-state index in [4.69, 9.17) is 4.74 Å². The predicted molar refractivity (Wildman–Crippen MR) is 112 cm³/mol. The van der Waals surface area contributed by atoms with Crippen LogP contribution >= 0.6 is 0 Å². The number of fused-ring (bicyclic) bond motifs is 1. The number of phenols is 1. The zero-order chi connectivity index (χ0) is 21.3. The van der Waals surface area contributed by atoms with Crippen LogP contribution in [-0.2, 0) is 11.3 Å². The van der Waals surface area contributed by atoms with Gasteiger partial charge in [0, 0.05) is 11.8 Å². The van der Waals surface area contributed by atoms with E-state index in [0.717, 1.165) is 11.3 Å². The summed E-state index contributed by atoms with van der Waals surface area (Å²) in [5, 5.41) is 10.6. The van der Waals surface area contributed by atoms with Crippen molar-refractivity contribution in [3.8, 4) is 5.75 Å². The molecule has 0 saturated carbocycles. The highest BCUT2D eigenvalue weighted by Crippen LogP contribution is 2.33. The zero-order valence-corrected chi connectivity index (χ0v) is 17.4. The average Bonchev–Trinajstić information content (AvgIpc) is 2.65. The van der Waals surface area contributed by atoms with Crippen molar-refractivity contribution in [1.29, 1.82) is 0 Å². The predicted octanol–water partition coefficient (Wildman–Crippen LogP) is 4.31. The van der Waals surface area contributed by atoms with Gasteiger partial charge >= 0.3 is 5.97 Å². The van der Waals surface area contributed by atoms with Gasteiger partial charge in [-0.25, -0.2) is 9.78 Å². The first-order chi connectivity index (χ1) is 13.7. The number of nitrogens with zero attached hydrogens (tertiary/aromatic N) is 2. The number of rotatable bonds is 5. The topological polar surface area (TPSA) is 80.9 Å². The van der Waals surface area contributed by atoms with E-state index in [1.165, 1.54) is 10.5 Å². The molecule has 6 nitrogen and oxygen atoms in total. The minimum Gasteiger partial charge on any atom is -0.507 e. The number of hydrogen-bond acceptors (Lipinski definition) is 5. The molecular formula is C23H26N2O4. The molecule has 0 amide bonds. The molecule has 29 heavy (non-hydrogen) atoms. The Kier molecular flexibility index (Phi) is 5.73. The number of ether oxygens (including phenoxy) is 1. The van der Waals surface area contributed by atoms with Crippen molar-refractivity contribution in [2.24, 2.45) is 0 Å². The fraction of sp³-hybridized carbons (Fsp3) is 0.348. The number of benzene rings is 1. The zero-order valence-electron chi connectivity index (χ0n) is 17.4. The van der Waals surface area contributed by atoms with Crippen LogP contribution in [0.25, 0.3) is 5.65 Å². The molecule has 6 heteroatoms. The normalized spacial score (nSPS) is 11.4.